The van der Waals surface area contributed by atoms with Gasteiger partial charge in [-0.2, -0.15) is 5.10 Å². The molecule has 218 valence electrons. The Hall–Kier alpha value is -4.57. The number of benzene rings is 2. The van der Waals surface area contributed by atoms with Crippen LogP contribution in [-0.2, 0) is 6.61 Å². The van der Waals surface area contributed by atoms with E-state index in [9.17, 15) is 0 Å². The Morgan fingerprint density at radius 2 is 1.57 bits per heavy atom. The van der Waals surface area contributed by atoms with Crippen molar-refractivity contribution in [1.82, 2.24) is 34.6 Å². The van der Waals surface area contributed by atoms with Crippen molar-refractivity contribution in [3.05, 3.63) is 83.8 Å². The number of rotatable bonds is 7. The van der Waals surface area contributed by atoms with Gasteiger partial charge in [0.25, 0.3) is 0 Å². The number of hydrogen-bond acceptors (Lipinski definition) is 9. The lowest BCUT2D eigenvalue weighted by Crippen LogP contribution is -2.29. The molecule has 6 rings (SSSR count). The molecule has 4 heterocycles. The lowest BCUT2D eigenvalue weighted by atomic mass is 9.93. The molecule has 0 spiro atoms. The van der Waals surface area contributed by atoms with Crippen molar-refractivity contribution in [3.8, 4) is 22.9 Å². The van der Waals surface area contributed by atoms with Gasteiger partial charge in [-0.1, -0.05) is 13.8 Å². The Morgan fingerprint density at radius 3 is 2.29 bits per heavy atom. The SMILES string of the molecule is CC.Cc1cc(OCc2cnc(C)nc2)cc(Oc2ccc(-n3nc(C4CCN(C)CC4)c4ncnc(N)c43)cc2)c1. The molecule has 1 fully saturated rings. The van der Waals surface area contributed by atoms with Gasteiger partial charge in [-0.15, -0.1) is 0 Å². The molecule has 1 aliphatic rings. The van der Waals surface area contributed by atoms with Crippen LogP contribution in [-0.4, -0.2) is 54.8 Å². The van der Waals surface area contributed by atoms with Crippen LogP contribution in [0.1, 0.15) is 55.3 Å². The number of fused-ring (bicyclic) bond motifs is 1. The van der Waals surface area contributed by atoms with Gasteiger partial charge in [0.05, 0.1) is 11.4 Å². The summed E-state index contributed by atoms with van der Waals surface area (Å²) in [5.74, 6) is 3.59. The van der Waals surface area contributed by atoms with Crippen molar-refractivity contribution in [2.45, 2.75) is 53.1 Å². The second kappa shape index (κ2) is 12.9. The Kier molecular flexibility index (Phi) is 8.92. The van der Waals surface area contributed by atoms with Crippen LogP contribution in [0.3, 0.4) is 0 Å². The largest absolute Gasteiger partial charge is 0.489 e. The molecule has 1 aliphatic heterocycles. The second-order valence-corrected chi connectivity index (χ2v) is 10.3. The number of ether oxygens (including phenoxy) is 2. The molecule has 0 radical (unpaired) electrons. The average molecular weight is 567 g/mol. The van der Waals surface area contributed by atoms with E-state index < -0.39 is 0 Å². The van der Waals surface area contributed by atoms with Crippen LogP contribution < -0.4 is 15.2 Å². The van der Waals surface area contributed by atoms with Gasteiger partial charge < -0.3 is 20.1 Å². The van der Waals surface area contributed by atoms with E-state index in [1.807, 2.05) is 74.8 Å². The zero-order valence-electron chi connectivity index (χ0n) is 24.9. The van der Waals surface area contributed by atoms with E-state index in [0.29, 0.717) is 35.6 Å². The third-order valence-electron chi connectivity index (χ3n) is 7.20. The molecular formula is C32H38N8O2. The first kappa shape index (κ1) is 28.9. The van der Waals surface area contributed by atoms with Crippen LogP contribution in [0.4, 0.5) is 5.82 Å². The minimum Gasteiger partial charge on any atom is -0.489 e. The van der Waals surface area contributed by atoms with E-state index in [1.54, 1.807) is 12.4 Å². The highest BCUT2D eigenvalue weighted by Crippen LogP contribution is 2.34. The number of aromatic nitrogens is 6. The molecule has 0 atom stereocenters. The van der Waals surface area contributed by atoms with Gasteiger partial charge in [-0.05, 0) is 88.8 Å². The highest BCUT2D eigenvalue weighted by molar-refractivity contribution is 5.88. The standard InChI is InChI=1S/C30H32N8O2.C2H6/c1-19-12-25(39-17-21-15-32-20(2)33-16-21)14-26(13-19)40-24-6-4-23(5-7-24)38-29-28(34-18-35-30(29)31)27(36-38)22-8-10-37(3)11-9-22;1-2/h4-7,12-16,18,22H,8-11,17H2,1-3H3,(H2,31,34,35);1-2H3. The third-order valence-corrected chi connectivity index (χ3v) is 7.20. The van der Waals surface area contributed by atoms with E-state index in [4.69, 9.17) is 20.3 Å². The molecule has 5 aromatic rings. The van der Waals surface area contributed by atoms with Gasteiger partial charge in [0.1, 0.15) is 47.0 Å². The zero-order chi connectivity index (χ0) is 29.6. The van der Waals surface area contributed by atoms with Gasteiger partial charge in [0, 0.05) is 29.9 Å². The molecular weight excluding hydrogens is 528 g/mol. The maximum Gasteiger partial charge on any atom is 0.153 e. The van der Waals surface area contributed by atoms with Gasteiger partial charge >= 0.3 is 0 Å². The Balaban J connectivity index is 0.00000173. The Morgan fingerprint density at radius 1 is 0.881 bits per heavy atom. The van der Waals surface area contributed by atoms with Crippen LogP contribution in [0.25, 0.3) is 16.7 Å². The molecule has 2 N–H and O–H groups in total. The number of aryl methyl sites for hydroxylation is 2. The molecule has 42 heavy (non-hydrogen) atoms. The van der Waals surface area contributed by atoms with Gasteiger partial charge in [-0.3, -0.25) is 0 Å². The van der Waals surface area contributed by atoms with Gasteiger partial charge in [0.2, 0.25) is 0 Å². The normalized spacial score (nSPS) is 13.9. The maximum atomic E-state index is 6.32. The molecule has 0 bridgehead atoms. The van der Waals surface area contributed by atoms with Crippen molar-refractivity contribution in [2.75, 3.05) is 25.9 Å². The van der Waals surface area contributed by atoms with Gasteiger partial charge in [-0.25, -0.2) is 24.6 Å². The monoisotopic (exact) mass is 566 g/mol. The highest BCUT2D eigenvalue weighted by Gasteiger charge is 2.26. The topological polar surface area (TPSA) is 117 Å². The predicted molar refractivity (Wildman–Crippen MR) is 164 cm³/mol. The molecule has 2 aromatic carbocycles. The summed E-state index contributed by atoms with van der Waals surface area (Å²) in [6.45, 7) is 10.3. The number of hydrogen-bond donors (Lipinski definition) is 1. The van der Waals surface area contributed by atoms with Crippen molar-refractivity contribution in [1.29, 1.82) is 0 Å². The van der Waals surface area contributed by atoms with E-state index in [1.165, 1.54) is 6.33 Å². The van der Waals surface area contributed by atoms with Crippen LogP contribution >= 0.6 is 0 Å². The molecule has 0 saturated carbocycles. The lowest BCUT2D eigenvalue weighted by Gasteiger charge is -2.27. The first-order valence-electron chi connectivity index (χ1n) is 14.4. The number of likely N-dealkylation sites (tertiary alicyclic amines) is 1. The summed E-state index contributed by atoms with van der Waals surface area (Å²) in [5, 5.41) is 5.01. The number of piperidine rings is 1. The fraction of sp³-hybridized carbons (Fsp3) is 0.344. The van der Waals surface area contributed by atoms with Crippen LogP contribution in [0, 0.1) is 13.8 Å². The van der Waals surface area contributed by atoms with E-state index >= 15 is 0 Å². The van der Waals surface area contributed by atoms with Crippen LogP contribution in [0.15, 0.2) is 61.2 Å². The first-order chi connectivity index (χ1) is 20.4. The molecule has 0 aliphatic carbocycles. The quantitative estimate of drug-likeness (QED) is 0.253. The molecule has 10 nitrogen and oxygen atoms in total. The molecule has 3 aromatic heterocycles. The summed E-state index contributed by atoms with van der Waals surface area (Å²) in [6.07, 6.45) is 7.15. The second-order valence-electron chi connectivity index (χ2n) is 10.3. The van der Waals surface area contributed by atoms with Gasteiger partial charge in [0.15, 0.2) is 5.82 Å². The number of nitrogens with two attached hydrogens (primary N) is 1. The van der Waals surface area contributed by atoms with Crippen molar-refractivity contribution >= 4 is 16.9 Å². The summed E-state index contributed by atoms with van der Waals surface area (Å²) in [4.78, 5) is 19.6. The Bertz CT molecular complexity index is 1630. The Labute approximate surface area is 246 Å². The first-order valence-corrected chi connectivity index (χ1v) is 14.4. The predicted octanol–water partition coefficient (Wildman–Crippen LogP) is 6.01. The fourth-order valence-electron chi connectivity index (χ4n) is 5.05. The lowest BCUT2D eigenvalue weighted by molar-refractivity contribution is 0.253. The van der Waals surface area contributed by atoms with Crippen molar-refractivity contribution < 1.29 is 9.47 Å². The van der Waals surface area contributed by atoms with E-state index in [0.717, 1.165) is 65.3 Å². The minimum atomic E-state index is 0.341. The molecule has 1 saturated heterocycles. The summed E-state index contributed by atoms with van der Waals surface area (Å²) >= 11 is 0. The van der Waals surface area contributed by atoms with Crippen LogP contribution in [0.2, 0.25) is 0 Å². The maximum absolute atomic E-state index is 6.32. The molecule has 0 amide bonds. The van der Waals surface area contributed by atoms with E-state index in [-0.39, 0.29) is 0 Å². The van der Waals surface area contributed by atoms with Crippen molar-refractivity contribution in [3.63, 3.8) is 0 Å². The molecule has 0 unspecified atom stereocenters. The average Bonchev–Trinajstić information content (AvgIpc) is 3.39. The fourth-order valence-corrected chi connectivity index (χ4v) is 5.05. The summed E-state index contributed by atoms with van der Waals surface area (Å²) in [5.41, 5.74) is 11.7. The van der Waals surface area contributed by atoms with E-state index in [2.05, 4.69) is 31.9 Å². The van der Waals surface area contributed by atoms with Crippen LogP contribution in [0.5, 0.6) is 17.2 Å². The summed E-state index contributed by atoms with van der Waals surface area (Å²) in [6, 6.07) is 13.6. The number of nitrogens with zero attached hydrogens (tertiary/aromatic N) is 7. The third kappa shape index (κ3) is 6.49. The summed E-state index contributed by atoms with van der Waals surface area (Å²) in [7, 11) is 2.15. The smallest absolute Gasteiger partial charge is 0.153 e. The number of anilines is 1. The molecule has 10 heteroatoms. The minimum absolute atomic E-state index is 0.341. The van der Waals surface area contributed by atoms with Crippen molar-refractivity contribution in [2.24, 2.45) is 0 Å². The highest BCUT2D eigenvalue weighted by atomic mass is 16.5. The summed E-state index contributed by atoms with van der Waals surface area (Å²) < 4.78 is 14.0. The number of nitrogen functional groups attached to an aromatic ring is 1. The zero-order valence-corrected chi connectivity index (χ0v) is 24.9.